The molecule has 0 aliphatic heterocycles. The number of hydrogen-bond acceptors (Lipinski definition) is 2. The molecule has 1 aliphatic carbocycles. The number of carbonyl (C=O) groups excluding carboxylic acids is 1. The van der Waals surface area contributed by atoms with Crippen molar-refractivity contribution in [2.75, 3.05) is 0 Å². The van der Waals surface area contributed by atoms with E-state index in [9.17, 15) is 9.18 Å². The first-order valence-corrected chi connectivity index (χ1v) is 4.45. The van der Waals surface area contributed by atoms with Crippen molar-refractivity contribution >= 4 is 6.08 Å². The zero-order valence-electron chi connectivity index (χ0n) is 7.29. The van der Waals surface area contributed by atoms with Crippen molar-refractivity contribution in [2.24, 2.45) is 10.9 Å². The Morgan fingerprint density at radius 3 is 2.92 bits per heavy atom. The molecular weight excluding hydrogens is 157 g/mol. The number of alkyl halides is 1. The summed E-state index contributed by atoms with van der Waals surface area (Å²) in [6.45, 7) is 1.58. The molecule has 1 rings (SSSR count). The molecule has 3 unspecified atom stereocenters. The van der Waals surface area contributed by atoms with Crippen molar-refractivity contribution < 1.29 is 9.18 Å². The lowest BCUT2D eigenvalue weighted by molar-refractivity contribution is 0.186. The van der Waals surface area contributed by atoms with E-state index in [-0.39, 0.29) is 12.0 Å². The Hall–Kier alpha value is -0.690. The van der Waals surface area contributed by atoms with Gasteiger partial charge in [-0.05, 0) is 32.1 Å². The third-order valence-corrected chi connectivity index (χ3v) is 2.57. The fourth-order valence-corrected chi connectivity index (χ4v) is 1.81. The van der Waals surface area contributed by atoms with Crippen LogP contribution in [0, 0.1) is 5.92 Å². The molecule has 3 atom stereocenters. The number of isocyanates is 1. The van der Waals surface area contributed by atoms with E-state index in [2.05, 4.69) is 4.99 Å². The molecule has 1 aliphatic rings. The molecule has 0 amide bonds. The summed E-state index contributed by atoms with van der Waals surface area (Å²) in [5.74, 6) is 0.0980. The molecule has 0 aromatic rings. The van der Waals surface area contributed by atoms with E-state index in [4.69, 9.17) is 0 Å². The fraction of sp³-hybridized carbons (Fsp3) is 0.889. The summed E-state index contributed by atoms with van der Waals surface area (Å²) in [7, 11) is 0. The van der Waals surface area contributed by atoms with E-state index < -0.39 is 6.17 Å². The summed E-state index contributed by atoms with van der Waals surface area (Å²) in [5, 5.41) is 0. The number of rotatable bonds is 2. The molecular formula is C9H14FNO. The Bertz CT molecular complexity index is 187. The van der Waals surface area contributed by atoms with E-state index in [0.29, 0.717) is 6.42 Å². The SMILES string of the molecule is CC(F)C1CCCC(N=C=O)C1. The van der Waals surface area contributed by atoms with Crippen LogP contribution in [-0.2, 0) is 4.79 Å². The van der Waals surface area contributed by atoms with E-state index in [1.807, 2.05) is 0 Å². The van der Waals surface area contributed by atoms with Crippen LogP contribution in [0.2, 0.25) is 0 Å². The van der Waals surface area contributed by atoms with Crippen LogP contribution in [0.1, 0.15) is 32.6 Å². The van der Waals surface area contributed by atoms with Gasteiger partial charge in [-0.15, -0.1) is 0 Å². The third-order valence-electron chi connectivity index (χ3n) is 2.57. The highest BCUT2D eigenvalue weighted by Gasteiger charge is 2.25. The molecule has 1 saturated carbocycles. The Morgan fingerprint density at radius 2 is 2.33 bits per heavy atom. The highest BCUT2D eigenvalue weighted by molar-refractivity contribution is 5.33. The van der Waals surface area contributed by atoms with Crippen LogP contribution in [0.3, 0.4) is 0 Å². The Labute approximate surface area is 71.9 Å². The minimum atomic E-state index is -0.769. The molecule has 0 bridgehead atoms. The van der Waals surface area contributed by atoms with Crippen molar-refractivity contribution in [3.8, 4) is 0 Å². The number of halogens is 1. The average molecular weight is 171 g/mol. The lowest BCUT2D eigenvalue weighted by Crippen LogP contribution is -2.23. The first-order valence-electron chi connectivity index (χ1n) is 4.45. The van der Waals surface area contributed by atoms with Gasteiger partial charge in [0.05, 0.1) is 6.04 Å². The predicted octanol–water partition coefficient (Wildman–Crippen LogP) is 2.24. The van der Waals surface area contributed by atoms with Gasteiger partial charge in [-0.1, -0.05) is 6.42 Å². The molecule has 1 fully saturated rings. The van der Waals surface area contributed by atoms with Gasteiger partial charge < -0.3 is 0 Å². The monoisotopic (exact) mass is 171 g/mol. The van der Waals surface area contributed by atoms with E-state index >= 15 is 0 Å². The van der Waals surface area contributed by atoms with E-state index in [1.165, 1.54) is 0 Å². The molecule has 0 N–H and O–H groups in total. The highest BCUT2D eigenvalue weighted by Crippen LogP contribution is 2.29. The van der Waals surface area contributed by atoms with Gasteiger partial charge in [0, 0.05) is 0 Å². The van der Waals surface area contributed by atoms with Gasteiger partial charge in [0.15, 0.2) is 0 Å². The van der Waals surface area contributed by atoms with Gasteiger partial charge in [0.1, 0.15) is 6.17 Å². The lowest BCUT2D eigenvalue weighted by Gasteiger charge is -2.26. The maximum absolute atomic E-state index is 12.9. The van der Waals surface area contributed by atoms with Crippen molar-refractivity contribution in [2.45, 2.75) is 44.8 Å². The van der Waals surface area contributed by atoms with Crippen molar-refractivity contribution in [1.29, 1.82) is 0 Å². The normalized spacial score (nSPS) is 32.2. The molecule has 0 aromatic carbocycles. The average Bonchev–Trinajstić information content (AvgIpc) is 2.05. The molecule has 68 valence electrons. The molecule has 0 saturated heterocycles. The summed E-state index contributed by atoms with van der Waals surface area (Å²) in [6, 6.07) is 0.0273. The van der Waals surface area contributed by atoms with Crippen LogP contribution in [-0.4, -0.2) is 18.3 Å². The minimum Gasteiger partial charge on any atom is -0.247 e. The van der Waals surface area contributed by atoms with E-state index in [1.54, 1.807) is 13.0 Å². The second-order valence-corrected chi connectivity index (χ2v) is 3.48. The second-order valence-electron chi connectivity index (χ2n) is 3.48. The molecule has 0 spiro atoms. The van der Waals surface area contributed by atoms with Gasteiger partial charge in [-0.2, -0.15) is 0 Å². The maximum Gasteiger partial charge on any atom is 0.235 e. The largest absolute Gasteiger partial charge is 0.247 e. The lowest BCUT2D eigenvalue weighted by atomic mass is 9.83. The number of aliphatic imine (C=N–C) groups is 1. The fourth-order valence-electron chi connectivity index (χ4n) is 1.81. The smallest absolute Gasteiger partial charge is 0.235 e. The summed E-state index contributed by atoms with van der Waals surface area (Å²) >= 11 is 0. The topological polar surface area (TPSA) is 29.4 Å². The third kappa shape index (κ3) is 2.42. The summed E-state index contributed by atoms with van der Waals surface area (Å²) < 4.78 is 12.9. The summed E-state index contributed by atoms with van der Waals surface area (Å²) in [5.41, 5.74) is 0. The maximum atomic E-state index is 12.9. The van der Waals surface area contributed by atoms with Gasteiger partial charge in [-0.3, -0.25) is 0 Å². The Balaban J connectivity index is 2.45. The molecule has 0 aromatic heterocycles. The van der Waals surface area contributed by atoms with E-state index in [0.717, 1.165) is 19.3 Å². The van der Waals surface area contributed by atoms with Crippen LogP contribution >= 0.6 is 0 Å². The van der Waals surface area contributed by atoms with Gasteiger partial charge in [0.25, 0.3) is 0 Å². The summed E-state index contributed by atoms with van der Waals surface area (Å²) in [4.78, 5) is 13.6. The van der Waals surface area contributed by atoms with Crippen molar-refractivity contribution in [3.05, 3.63) is 0 Å². The Morgan fingerprint density at radius 1 is 1.58 bits per heavy atom. The molecule has 0 radical (unpaired) electrons. The predicted molar refractivity (Wildman–Crippen MR) is 44.4 cm³/mol. The molecule has 0 heterocycles. The summed E-state index contributed by atoms with van der Waals surface area (Å²) in [6.07, 6.45) is 4.32. The molecule has 3 heteroatoms. The van der Waals surface area contributed by atoms with Crippen LogP contribution in [0.4, 0.5) is 4.39 Å². The van der Waals surface area contributed by atoms with Crippen LogP contribution in [0.5, 0.6) is 0 Å². The first-order chi connectivity index (χ1) is 5.74. The van der Waals surface area contributed by atoms with Crippen LogP contribution in [0.25, 0.3) is 0 Å². The van der Waals surface area contributed by atoms with Gasteiger partial charge in [-0.25, -0.2) is 14.2 Å². The van der Waals surface area contributed by atoms with Crippen LogP contribution in [0.15, 0.2) is 4.99 Å². The van der Waals surface area contributed by atoms with Gasteiger partial charge >= 0.3 is 0 Å². The standard InChI is InChI=1S/C9H14FNO/c1-7(10)8-3-2-4-9(5-8)11-6-12/h7-9H,2-5H2,1H3. The molecule has 2 nitrogen and oxygen atoms in total. The zero-order valence-corrected chi connectivity index (χ0v) is 7.29. The number of nitrogens with zero attached hydrogens (tertiary/aromatic N) is 1. The molecule has 12 heavy (non-hydrogen) atoms. The zero-order chi connectivity index (χ0) is 8.97. The Kier molecular flexibility index (Phi) is 3.42. The second kappa shape index (κ2) is 4.36. The van der Waals surface area contributed by atoms with Crippen molar-refractivity contribution in [1.82, 2.24) is 0 Å². The van der Waals surface area contributed by atoms with Gasteiger partial charge in [0.2, 0.25) is 6.08 Å². The van der Waals surface area contributed by atoms with Crippen molar-refractivity contribution in [3.63, 3.8) is 0 Å². The highest BCUT2D eigenvalue weighted by atomic mass is 19.1. The quantitative estimate of drug-likeness (QED) is 0.462. The number of hydrogen-bond donors (Lipinski definition) is 0. The minimum absolute atomic E-state index is 0.0273. The van der Waals surface area contributed by atoms with Crippen LogP contribution < -0.4 is 0 Å². The first kappa shape index (κ1) is 9.40.